The maximum absolute atomic E-state index is 9.47. The number of hydrogen-bond acceptors (Lipinski definition) is 3. The highest BCUT2D eigenvalue weighted by Gasteiger charge is 2.16. The zero-order valence-electron chi connectivity index (χ0n) is 8.65. The van der Waals surface area contributed by atoms with Crippen molar-refractivity contribution in [2.24, 2.45) is 0 Å². The fourth-order valence-electron chi connectivity index (χ4n) is 1.44. The second-order valence-electron chi connectivity index (χ2n) is 3.71. The van der Waals surface area contributed by atoms with E-state index >= 15 is 0 Å². The molecule has 0 amide bonds. The van der Waals surface area contributed by atoms with Crippen LogP contribution in [0.4, 0.5) is 0 Å². The number of aliphatic hydroxyl groups excluding tert-OH is 1. The minimum absolute atomic E-state index is 0.0237. The van der Waals surface area contributed by atoms with Crippen molar-refractivity contribution >= 4 is 0 Å². The van der Waals surface area contributed by atoms with Gasteiger partial charge in [0.05, 0.1) is 6.10 Å². The highest BCUT2D eigenvalue weighted by Crippen LogP contribution is 2.32. The predicted octanol–water partition coefficient (Wildman–Crippen LogP) is 1.89. The summed E-state index contributed by atoms with van der Waals surface area (Å²) >= 11 is 0. The van der Waals surface area contributed by atoms with Crippen LogP contribution < -0.4 is 0 Å². The second-order valence-corrected chi connectivity index (χ2v) is 3.71. The molecule has 0 bridgehead atoms. The lowest BCUT2D eigenvalue weighted by Gasteiger charge is -2.18. The molecule has 1 rings (SSSR count). The van der Waals surface area contributed by atoms with Crippen LogP contribution in [0.5, 0.6) is 11.5 Å². The summed E-state index contributed by atoms with van der Waals surface area (Å²) < 4.78 is 0. The monoisotopic (exact) mass is 196 g/mol. The van der Waals surface area contributed by atoms with E-state index in [1.807, 2.05) is 6.92 Å². The molecule has 0 saturated carbocycles. The van der Waals surface area contributed by atoms with Gasteiger partial charge in [-0.1, -0.05) is 6.92 Å². The Morgan fingerprint density at radius 1 is 1.14 bits per heavy atom. The molecule has 1 aromatic rings. The summed E-state index contributed by atoms with van der Waals surface area (Å²) in [5.74, 6) is -0.0175. The quantitative estimate of drug-likeness (QED) is 0.677. The molecule has 0 aliphatic heterocycles. The molecule has 0 radical (unpaired) electrons. The molecule has 0 heterocycles. The molecule has 0 aliphatic rings. The Kier molecular flexibility index (Phi) is 3.01. The number of phenolic OH excluding ortho intramolecular Hbond substituents is 2. The predicted molar refractivity (Wildman–Crippen MR) is 54.6 cm³/mol. The Balaban J connectivity index is 3.20. The number of aromatic hydroxyl groups is 2. The molecule has 0 saturated heterocycles. The van der Waals surface area contributed by atoms with Crippen LogP contribution in [0.15, 0.2) is 12.1 Å². The summed E-state index contributed by atoms with van der Waals surface area (Å²) in [4.78, 5) is 0. The van der Waals surface area contributed by atoms with E-state index in [1.54, 1.807) is 19.9 Å². The molecule has 0 aromatic heterocycles. The third-order valence-corrected chi connectivity index (χ3v) is 2.62. The first-order valence-corrected chi connectivity index (χ1v) is 4.64. The maximum atomic E-state index is 9.47. The van der Waals surface area contributed by atoms with Crippen molar-refractivity contribution in [1.82, 2.24) is 0 Å². The molecular formula is C11H16O3. The molecule has 0 spiro atoms. The smallest absolute Gasteiger partial charge is 0.122 e. The van der Waals surface area contributed by atoms with E-state index in [0.717, 1.165) is 5.56 Å². The number of aliphatic hydroxyl groups is 1. The Morgan fingerprint density at radius 2 is 1.71 bits per heavy atom. The third-order valence-electron chi connectivity index (χ3n) is 2.62. The SMILES string of the molecule is Cc1c(O)cc(O)cc1[C@H](C)[C@H](C)O. The van der Waals surface area contributed by atoms with Crippen LogP contribution >= 0.6 is 0 Å². The minimum atomic E-state index is -0.505. The summed E-state index contributed by atoms with van der Waals surface area (Å²) in [7, 11) is 0. The van der Waals surface area contributed by atoms with Crippen molar-refractivity contribution in [2.75, 3.05) is 0 Å². The first-order chi connectivity index (χ1) is 6.43. The van der Waals surface area contributed by atoms with E-state index in [0.29, 0.717) is 5.56 Å². The number of hydrogen-bond donors (Lipinski definition) is 3. The highest BCUT2D eigenvalue weighted by atomic mass is 16.3. The second kappa shape index (κ2) is 3.88. The van der Waals surface area contributed by atoms with Crippen LogP contribution in [-0.2, 0) is 0 Å². The lowest BCUT2D eigenvalue weighted by Crippen LogP contribution is -2.12. The number of rotatable bonds is 2. The van der Waals surface area contributed by atoms with Crippen molar-refractivity contribution in [3.05, 3.63) is 23.3 Å². The van der Waals surface area contributed by atoms with Gasteiger partial charge in [0.2, 0.25) is 0 Å². The van der Waals surface area contributed by atoms with Crippen LogP contribution in [0.3, 0.4) is 0 Å². The Bertz CT molecular complexity index is 332. The molecule has 0 fully saturated rings. The fraction of sp³-hybridized carbons (Fsp3) is 0.455. The van der Waals surface area contributed by atoms with Crippen molar-refractivity contribution in [2.45, 2.75) is 32.8 Å². The standard InChI is InChI=1S/C11H16O3/c1-6(8(3)12)10-4-9(13)5-11(14)7(10)2/h4-6,8,12-14H,1-3H3/t6-,8+/m1/s1. The molecular weight excluding hydrogens is 180 g/mol. The third kappa shape index (κ3) is 1.99. The van der Waals surface area contributed by atoms with Crippen LogP contribution in [0.25, 0.3) is 0 Å². The molecule has 14 heavy (non-hydrogen) atoms. The Morgan fingerprint density at radius 3 is 2.21 bits per heavy atom. The minimum Gasteiger partial charge on any atom is -0.508 e. The summed E-state index contributed by atoms with van der Waals surface area (Å²) in [5, 5.41) is 28.2. The van der Waals surface area contributed by atoms with Crippen LogP contribution in [0, 0.1) is 6.92 Å². The van der Waals surface area contributed by atoms with Gasteiger partial charge in [-0.25, -0.2) is 0 Å². The molecule has 0 unspecified atom stereocenters. The summed E-state index contributed by atoms with van der Waals surface area (Å²) in [6, 6.07) is 2.88. The van der Waals surface area contributed by atoms with Crippen LogP contribution in [0.1, 0.15) is 30.9 Å². The molecule has 2 atom stereocenters. The Hall–Kier alpha value is -1.22. The first kappa shape index (κ1) is 10.9. The number of phenols is 2. The van der Waals surface area contributed by atoms with E-state index in [9.17, 15) is 15.3 Å². The van der Waals surface area contributed by atoms with Gasteiger partial charge in [-0.15, -0.1) is 0 Å². The zero-order chi connectivity index (χ0) is 10.9. The fourth-order valence-corrected chi connectivity index (χ4v) is 1.44. The van der Waals surface area contributed by atoms with Gasteiger partial charge < -0.3 is 15.3 Å². The van der Waals surface area contributed by atoms with Crippen molar-refractivity contribution in [3.8, 4) is 11.5 Å². The van der Waals surface area contributed by atoms with E-state index in [-0.39, 0.29) is 17.4 Å². The Labute approximate surface area is 83.6 Å². The molecule has 78 valence electrons. The molecule has 3 heteroatoms. The van der Waals surface area contributed by atoms with Crippen molar-refractivity contribution in [1.29, 1.82) is 0 Å². The van der Waals surface area contributed by atoms with Crippen molar-refractivity contribution in [3.63, 3.8) is 0 Å². The average molecular weight is 196 g/mol. The first-order valence-electron chi connectivity index (χ1n) is 4.64. The van der Waals surface area contributed by atoms with Crippen LogP contribution in [-0.4, -0.2) is 21.4 Å². The van der Waals surface area contributed by atoms with E-state index in [4.69, 9.17) is 0 Å². The van der Waals surface area contributed by atoms with Crippen molar-refractivity contribution < 1.29 is 15.3 Å². The van der Waals surface area contributed by atoms with Gasteiger partial charge in [0.1, 0.15) is 11.5 Å². The normalized spacial score (nSPS) is 15.1. The summed E-state index contributed by atoms with van der Waals surface area (Å²) in [6.45, 7) is 5.31. The lowest BCUT2D eigenvalue weighted by atomic mass is 9.92. The molecule has 3 N–H and O–H groups in total. The summed E-state index contributed by atoms with van der Waals surface area (Å²) in [5.41, 5.74) is 1.48. The van der Waals surface area contributed by atoms with Gasteiger partial charge in [-0.2, -0.15) is 0 Å². The van der Waals surface area contributed by atoms with Gasteiger partial charge in [-0.05, 0) is 31.0 Å². The van der Waals surface area contributed by atoms with Gasteiger partial charge in [0.15, 0.2) is 0 Å². The molecule has 0 aliphatic carbocycles. The van der Waals surface area contributed by atoms with E-state index < -0.39 is 6.10 Å². The van der Waals surface area contributed by atoms with E-state index in [2.05, 4.69) is 0 Å². The summed E-state index contributed by atoms with van der Waals surface area (Å²) in [6.07, 6.45) is -0.505. The van der Waals surface area contributed by atoms with E-state index in [1.165, 1.54) is 6.07 Å². The zero-order valence-corrected chi connectivity index (χ0v) is 8.65. The van der Waals surface area contributed by atoms with Gasteiger partial charge in [0.25, 0.3) is 0 Å². The van der Waals surface area contributed by atoms with Crippen LogP contribution in [0.2, 0.25) is 0 Å². The molecule has 3 nitrogen and oxygen atoms in total. The number of benzene rings is 1. The van der Waals surface area contributed by atoms with Gasteiger partial charge in [-0.3, -0.25) is 0 Å². The topological polar surface area (TPSA) is 60.7 Å². The maximum Gasteiger partial charge on any atom is 0.122 e. The highest BCUT2D eigenvalue weighted by molar-refractivity contribution is 5.46. The van der Waals surface area contributed by atoms with Gasteiger partial charge in [0, 0.05) is 12.0 Å². The lowest BCUT2D eigenvalue weighted by molar-refractivity contribution is 0.168. The largest absolute Gasteiger partial charge is 0.508 e. The average Bonchev–Trinajstić information content (AvgIpc) is 2.09. The molecule has 1 aromatic carbocycles. The van der Waals surface area contributed by atoms with Gasteiger partial charge >= 0.3 is 0 Å².